The number of rotatable bonds is 4. The van der Waals surface area contributed by atoms with Crippen molar-refractivity contribution in [3.05, 3.63) is 41.5 Å². The second-order valence-corrected chi connectivity index (χ2v) is 4.77. The number of nitrogens with zero attached hydrogens (tertiary/aromatic N) is 3. The predicted octanol–water partition coefficient (Wildman–Crippen LogP) is 1.66. The highest BCUT2D eigenvalue weighted by Crippen LogP contribution is 2.16. The standard InChI is InChI=1S/C14H19N5O/c1-9-7-11(5-6-12(9)15-3)14(20)17-10(2)13-18-16-8-19(13)4/h5-8,10,15H,1-4H3,(H,17,20). The van der Waals surface area contributed by atoms with Gasteiger partial charge in [0.05, 0.1) is 6.04 Å². The van der Waals surface area contributed by atoms with E-state index in [1.165, 1.54) is 0 Å². The Balaban J connectivity index is 2.12. The lowest BCUT2D eigenvalue weighted by atomic mass is 10.1. The zero-order chi connectivity index (χ0) is 14.7. The lowest BCUT2D eigenvalue weighted by Crippen LogP contribution is -2.28. The fourth-order valence-corrected chi connectivity index (χ4v) is 2.11. The van der Waals surface area contributed by atoms with Crippen molar-refractivity contribution in [1.82, 2.24) is 20.1 Å². The lowest BCUT2D eigenvalue weighted by Gasteiger charge is -2.14. The Morgan fingerprint density at radius 2 is 2.15 bits per heavy atom. The molecular formula is C14H19N5O. The third-order valence-electron chi connectivity index (χ3n) is 3.24. The van der Waals surface area contributed by atoms with E-state index < -0.39 is 0 Å². The zero-order valence-corrected chi connectivity index (χ0v) is 12.1. The smallest absolute Gasteiger partial charge is 0.251 e. The third kappa shape index (κ3) is 2.79. The van der Waals surface area contributed by atoms with Gasteiger partial charge in [-0.1, -0.05) is 0 Å². The topological polar surface area (TPSA) is 71.8 Å². The van der Waals surface area contributed by atoms with Crippen LogP contribution in [0.5, 0.6) is 0 Å². The SMILES string of the molecule is CNc1ccc(C(=O)NC(C)c2nncn2C)cc1C. The van der Waals surface area contributed by atoms with Gasteiger partial charge in [-0.2, -0.15) is 0 Å². The lowest BCUT2D eigenvalue weighted by molar-refractivity contribution is 0.0937. The van der Waals surface area contributed by atoms with Gasteiger partial charge >= 0.3 is 0 Å². The Morgan fingerprint density at radius 3 is 2.70 bits per heavy atom. The molecule has 6 nitrogen and oxygen atoms in total. The summed E-state index contributed by atoms with van der Waals surface area (Å²) in [5.74, 6) is 0.605. The van der Waals surface area contributed by atoms with E-state index in [0.717, 1.165) is 17.1 Å². The summed E-state index contributed by atoms with van der Waals surface area (Å²) in [7, 11) is 3.71. The summed E-state index contributed by atoms with van der Waals surface area (Å²) < 4.78 is 1.79. The number of anilines is 1. The normalized spacial score (nSPS) is 12.0. The third-order valence-corrected chi connectivity index (χ3v) is 3.24. The van der Waals surface area contributed by atoms with Gasteiger partial charge in [0.15, 0.2) is 5.82 Å². The average molecular weight is 273 g/mol. The van der Waals surface area contributed by atoms with Gasteiger partial charge in [-0.15, -0.1) is 10.2 Å². The Labute approximate surface area is 118 Å². The molecule has 0 aliphatic heterocycles. The molecule has 1 atom stereocenters. The molecule has 6 heteroatoms. The van der Waals surface area contributed by atoms with Crippen LogP contribution >= 0.6 is 0 Å². The van der Waals surface area contributed by atoms with E-state index >= 15 is 0 Å². The number of aromatic nitrogens is 3. The van der Waals surface area contributed by atoms with Gasteiger partial charge in [-0.05, 0) is 37.6 Å². The van der Waals surface area contributed by atoms with Crippen LogP contribution in [0.15, 0.2) is 24.5 Å². The maximum atomic E-state index is 12.2. The molecule has 0 aliphatic rings. The van der Waals surface area contributed by atoms with Crippen molar-refractivity contribution in [3.8, 4) is 0 Å². The van der Waals surface area contributed by atoms with Gasteiger partial charge < -0.3 is 15.2 Å². The van der Waals surface area contributed by atoms with E-state index in [1.807, 2.05) is 40.1 Å². The minimum absolute atomic E-state index is 0.119. The monoisotopic (exact) mass is 273 g/mol. The van der Waals surface area contributed by atoms with Crippen LogP contribution in [0.25, 0.3) is 0 Å². The first-order chi connectivity index (χ1) is 9.52. The van der Waals surface area contributed by atoms with E-state index in [1.54, 1.807) is 17.0 Å². The van der Waals surface area contributed by atoms with E-state index in [0.29, 0.717) is 5.56 Å². The second kappa shape index (κ2) is 5.73. The Morgan fingerprint density at radius 1 is 1.40 bits per heavy atom. The number of nitrogens with one attached hydrogen (secondary N) is 2. The molecule has 0 saturated carbocycles. The van der Waals surface area contributed by atoms with Gasteiger partial charge in [0, 0.05) is 25.3 Å². The quantitative estimate of drug-likeness (QED) is 0.888. The highest BCUT2D eigenvalue weighted by molar-refractivity contribution is 5.95. The Kier molecular flexibility index (Phi) is 4.02. The molecule has 0 saturated heterocycles. The Bertz CT molecular complexity index is 620. The number of amides is 1. The largest absolute Gasteiger partial charge is 0.388 e. The van der Waals surface area contributed by atoms with Crippen molar-refractivity contribution in [3.63, 3.8) is 0 Å². The molecule has 2 aromatic rings. The summed E-state index contributed by atoms with van der Waals surface area (Å²) in [4.78, 5) is 12.2. The molecule has 1 amide bonds. The van der Waals surface area contributed by atoms with Crippen molar-refractivity contribution >= 4 is 11.6 Å². The van der Waals surface area contributed by atoms with Crippen molar-refractivity contribution in [2.75, 3.05) is 12.4 Å². The molecule has 0 bridgehead atoms. The summed E-state index contributed by atoms with van der Waals surface area (Å²) >= 11 is 0. The first-order valence-corrected chi connectivity index (χ1v) is 6.46. The fourth-order valence-electron chi connectivity index (χ4n) is 2.11. The van der Waals surface area contributed by atoms with Gasteiger partial charge in [0.2, 0.25) is 0 Å². The number of hydrogen-bond donors (Lipinski definition) is 2. The van der Waals surface area contributed by atoms with Crippen molar-refractivity contribution in [1.29, 1.82) is 0 Å². The molecular weight excluding hydrogens is 254 g/mol. The van der Waals surface area contributed by atoms with Crippen LogP contribution in [-0.4, -0.2) is 27.7 Å². The summed E-state index contributed by atoms with van der Waals surface area (Å²) in [6.07, 6.45) is 1.61. The summed E-state index contributed by atoms with van der Waals surface area (Å²) in [5.41, 5.74) is 2.69. The van der Waals surface area contributed by atoms with Gasteiger partial charge in [-0.25, -0.2) is 0 Å². The van der Waals surface area contributed by atoms with E-state index in [2.05, 4.69) is 20.8 Å². The molecule has 0 spiro atoms. The van der Waals surface area contributed by atoms with E-state index in [-0.39, 0.29) is 11.9 Å². The minimum Gasteiger partial charge on any atom is -0.388 e. The number of carbonyl (C=O) groups excluding carboxylic acids is 1. The van der Waals surface area contributed by atoms with Crippen LogP contribution in [0.1, 0.15) is 34.7 Å². The van der Waals surface area contributed by atoms with Crippen molar-refractivity contribution in [2.24, 2.45) is 7.05 Å². The predicted molar refractivity (Wildman–Crippen MR) is 77.6 cm³/mol. The van der Waals surface area contributed by atoms with Crippen LogP contribution in [0, 0.1) is 6.92 Å². The molecule has 1 unspecified atom stereocenters. The molecule has 0 aliphatic carbocycles. The summed E-state index contributed by atoms with van der Waals surface area (Å²) in [6, 6.07) is 5.37. The van der Waals surface area contributed by atoms with Gasteiger partial charge in [0.25, 0.3) is 5.91 Å². The maximum absolute atomic E-state index is 12.2. The van der Waals surface area contributed by atoms with Crippen LogP contribution in [0.3, 0.4) is 0 Å². The molecule has 106 valence electrons. The molecule has 1 aromatic heterocycles. The average Bonchev–Trinajstić information content (AvgIpc) is 2.84. The minimum atomic E-state index is -0.195. The highest BCUT2D eigenvalue weighted by Gasteiger charge is 2.15. The first kappa shape index (κ1) is 14.0. The second-order valence-electron chi connectivity index (χ2n) is 4.77. The van der Waals surface area contributed by atoms with Gasteiger partial charge in [0.1, 0.15) is 6.33 Å². The molecule has 2 N–H and O–H groups in total. The fraction of sp³-hybridized carbons (Fsp3) is 0.357. The highest BCUT2D eigenvalue weighted by atomic mass is 16.1. The Hall–Kier alpha value is -2.37. The molecule has 1 heterocycles. The number of carbonyl (C=O) groups is 1. The van der Waals surface area contributed by atoms with Crippen molar-refractivity contribution < 1.29 is 4.79 Å². The summed E-state index contributed by atoms with van der Waals surface area (Å²) in [5, 5.41) is 13.8. The van der Waals surface area contributed by atoms with E-state index in [4.69, 9.17) is 0 Å². The maximum Gasteiger partial charge on any atom is 0.251 e. The molecule has 2 rings (SSSR count). The summed E-state index contributed by atoms with van der Waals surface area (Å²) in [6.45, 7) is 3.85. The first-order valence-electron chi connectivity index (χ1n) is 6.46. The van der Waals surface area contributed by atoms with Crippen molar-refractivity contribution in [2.45, 2.75) is 19.9 Å². The molecule has 20 heavy (non-hydrogen) atoms. The molecule has 0 radical (unpaired) electrons. The zero-order valence-electron chi connectivity index (χ0n) is 12.1. The van der Waals surface area contributed by atoms with Crippen LogP contribution in [0.4, 0.5) is 5.69 Å². The van der Waals surface area contributed by atoms with Crippen LogP contribution in [0.2, 0.25) is 0 Å². The number of hydrogen-bond acceptors (Lipinski definition) is 4. The molecule has 1 aromatic carbocycles. The van der Waals surface area contributed by atoms with Crippen LogP contribution in [-0.2, 0) is 7.05 Å². The number of benzene rings is 1. The van der Waals surface area contributed by atoms with Crippen LogP contribution < -0.4 is 10.6 Å². The van der Waals surface area contributed by atoms with Gasteiger partial charge in [-0.3, -0.25) is 4.79 Å². The molecule has 0 fully saturated rings. The van der Waals surface area contributed by atoms with E-state index in [9.17, 15) is 4.79 Å². The number of aryl methyl sites for hydroxylation is 2.